The molecule has 0 spiro atoms. The van der Waals surface area contributed by atoms with Crippen LogP contribution >= 0.6 is 11.6 Å². The number of nitrogens with two attached hydrogens (primary N) is 1. The Morgan fingerprint density at radius 3 is 2.58 bits per heavy atom. The molecule has 0 atom stereocenters. The first-order valence-electron chi connectivity index (χ1n) is 5.43. The van der Waals surface area contributed by atoms with Gasteiger partial charge in [0.15, 0.2) is 0 Å². The predicted molar refractivity (Wildman–Crippen MR) is 74.0 cm³/mol. The minimum absolute atomic E-state index is 0.0410. The molecule has 0 aliphatic heterocycles. The third-order valence-corrected chi connectivity index (χ3v) is 2.89. The Morgan fingerprint density at radius 2 is 2.05 bits per heavy atom. The van der Waals surface area contributed by atoms with Crippen LogP contribution in [-0.2, 0) is 0 Å². The van der Waals surface area contributed by atoms with Crippen molar-refractivity contribution in [3.8, 4) is 11.1 Å². The molecule has 19 heavy (non-hydrogen) atoms. The van der Waals surface area contributed by atoms with Gasteiger partial charge in [-0.1, -0.05) is 17.7 Å². The Morgan fingerprint density at radius 1 is 1.37 bits per heavy atom. The minimum atomic E-state index is -0.621. The van der Waals surface area contributed by atoms with Gasteiger partial charge in [-0.05, 0) is 12.1 Å². The highest BCUT2D eigenvalue weighted by atomic mass is 35.5. The summed E-state index contributed by atoms with van der Waals surface area (Å²) in [4.78, 5) is 20.2. The molecule has 1 aromatic carbocycles. The topological polar surface area (TPSA) is 75.0 Å². The van der Waals surface area contributed by atoms with Gasteiger partial charge in [-0.15, -0.1) is 0 Å². The van der Waals surface area contributed by atoms with Crippen molar-refractivity contribution in [2.24, 2.45) is 0 Å². The first-order chi connectivity index (χ1) is 8.91. The van der Waals surface area contributed by atoms with Crippen molar-refractivity contribution >= 4 is 23.4 Å². The van der Waals surface area contributed by atoms with Gasteiger partial charge < -0.3 is 10.6 Å². The molecule has 0 radical (unpaired) electrons. The fourth-order valence-electron chi connectivity index (χ4n) is 1.67. The van der Waals surface area contributed by atoms with Crippen LogP contribution in [0, 0.1) is 5.82 Å². The Kier molecular flexibility index (Phi) is 3.44. The van der Waals surface area contributed by atoms with Crippen LogP contribution in [0.15, 0.2) is 23.0 Å². The van der Waals surface area contributed by atoms with Gasteiger partial charge in [0.2, 0.25) is 5.95 Å². The van der Waals surface area contributed by atoms with Crippen molar-refractivity contribution in [1.82, 2.24) is 9.97 Å². The largest absolute Gasteiger partial charge is 0.383 e. The molecule has 1 heterocycles. The highest BCUT2D eigenvalue weighted by Gasteiger charge is 2.18. The molecule has 0 aliphatic rings. The maximum absolute atomic E-state index is 13.8. The van der Waals surface area contributed by atoms with E-state index in [-0.39, 0.29) is 22.0 Å². The molecule has 0 unspecified atom stereocenters. The number of aromatic nitrogens is 2. The second-order valence-electron chi connectivity index (χ2n) is 4.14. The van der Waals surface area contributed by atoms with Gasteiger partial charge in [-0.25, -0.2) is 4.39 Å². The number of rotatable bonds is 2. The minimum Gasteiger partial charge on any atom is -0.383 e. The summed E-state index contributed by atoms with van der Waals surface area (Å²) in [6.45, 7) is 0. The summed E-state index contributed by atoms with van der Waals surface area (Å²) in [5, 5.41) is 0.108. The lowest BCUT2D eigenvalue weighted by molar-refractivity contribution is 0.631. The van der Waals surface area contributed by atoms with Crippen LogP contribution in [0.4, 0.5) is 16.2 Å². The average Bonchev–Trinajstić information content (AvgIpc) is 2.31. The van der Waals surface area contributed by atoms with Crippen molar-refractivity contribution in [2.45, 2.75) is 0 Å². The highest BCUT2D eigenvalue weighted by Crippen LogP contribution is 2.31. The van der Waals surface area contributed by atoms with Crippen molar-refractivity contribution < 1.29 is 4.39 Å². The molecule has 5 nitrogen and oxygen atoms in total. The summed E-state index contributed by atoms with van der Waals surface area (Å²) >= 11 is 5.92. The third-order valence-electron chi connectivity index (χ3n) is 2.57. The molecule has 0 saturated heterocycles. The van der Waals surface area contributed by atoms with Crippen molar-refractivity contribution in [3.05, 3.63) is 39.4 Å². The van der Waals surface area contributed by atoms with Gasteiger partial charge in [-0.3, -0.25) is 9.78 Å². The quantitative estimate of drug-likeness (QED) is 0.882. The van der Waals surface area contributed by atoms with Crippen LogP contribution in [-0.4, -0.2) is 24.1 Å². The monoisotopic (exact) mass is 282 g/mol. The van der Waals surface area contributed by atoms with Crippen LogP contribution in [0.25, 0.3) is 11.1 Å². The summed E-state index contributed by atoms with van der Waals surface area (Å²) in [5.41, 5.74) is 5.11. The number of nitrogen functional groups attached to an aromatic ring is 1. The lowest BCUT2D eigenvalue weighted by Crippen LogP contribution is -2.21. The first-order valence-corrected chi connectivity index (χ1v) is 5.81. The smallest absolute Gasteiger partial charge is 0.262 e. The number of aromatic amines is 1. The molecule has 0 saturated carbocycles. The van der Waals surface area contributed by atoms with E-state index in [9.17, 15) is 9.18 Å². The van der Waals surface area contributed by atoms with E-state index < -0.39 is 11.4 Å². The Labute approximate surface area is 113 Å². The van der Waals surface area contributed by atoms with E-state index in [4.69, 9.17) is 17.3 Å². The zero-order chi connectivity index (χ0) is 14.2. The lowest BCUT2D eigenvalue weighted by atomic mass is 10.1. The van der Waals surface area contributed by atoms with E-state index in [0.29, 0.717) is 5.95 Å². The van der Waals surface area contributed by atoms with E-state index in [1.165, 1.54) is 18.2 Å². The summed E-state index contributed by atoms with van der Waals surface area (Å²) in [6, 6.07) is 4.14. The maximum atomic E-state index is 13.8. The SMILES string of the molecule is CN(C)c1nc(N)c(-c2c(F)cccc2Cl)c(=O)[nH]1. The molecule has 100 valence electrons. The molecule has 7 heteroatoms. The van der Waals surface area contributed by atoms with Crippen LogP contribution in [0.3, 0.4) is 0 Å². The molecule has 0 aliphatic carbocycles. The Hall–Kier alpha value is -2.08. The first kappa shape index (κ1) is 13.4. The fraction of sp³-hybridized carbons (Fsp3) is 0.167. The predicted octanol–water partition coefficient (Wildman–Crippen LogP) is 1.88. The van der Waals surface area contributed by atoms with Crippen molar-refractivity contribution in [1.29, 1.82) is 0 Å². The van der Waals surface area contributed by atoms with Gasteiger partial charge in [0.25, 0.3) is 5.56 Å². The van der Waals surface area contributed by atoms with Crippen LogP contribution in [0.5, 0.6) is 0 Å². The number of hydrogen-bond donors (Lipinski definition) is 2. The van der Waals surface area contributed by atoms with Gasteiger partial charge >= 0.3 is 0 Å². The number of H-pyrrole nitrogens is 1. The van der Waals surface area contributed by atoms with E-state index in [2.05, 4.69) is 9.97 Å². The normalized spacial score (nSPS) is 10.5. The molecule has 3 N–H and O–H groups in total. The number of nitrogens with one attached hydrogen (secondary N) is 1. The van der Waals surface area contributed by atoms with Gasteiger partial charge in [0.05, 0.1) is 10.6 Å². The third kappa shape index (κ3) is 2.39. The molecule has 1 aromatic heterocycles. The van der Waals surface area contributed by atoms with Gasteiger partial charge in [-0.2, -0.15) is 4.98 Å². The second kappa shape index (κ2) is 4.89. The fourth-order valence-corrected chi connectivity index (χ4v) is 1.93. The summed E-state index contributed by atoms with van der Waals surface area (Å²) < 4.78 is 13.8. The number of nitrogens with zero attached hydrogens (tertiary/aromatic N) is 2. The van der Waals surface area contributed by atoms with E-state index in [1.54, 1.807) is 19.0 Å². The zero-order valence-electron chi connectivity index (χ0n) is 10.4. The van der Waals surface area contributed by atoms with Crippen LogP contribution in [0.2, 0.25) is 5.02 Å². The molecule has 0 bridgehead atoms. The Balaban J connectivity index is 2.74. The second-order valence-corrected chi connectivity index (χ2v) is 4.55. The van der Waals surface area contributed by atoms with Gasteiger partial charge in [0, 0.05) is 19.7 Å². The standard InChI is InChI=1S/C12H12ClFN4O/c1-18(2)12-16-10(15)9(11(19)17-12)8-6(13)4-3-5-7(8)14/h3-5H,1-2H3,(H3,15,16,17,19). The van der Waals surface area contributed by atoms with Crippen LogP contribution < -0.4 is 16.2 Å². The van der Waals surface area contributed by atoms with E-state index >= 15 is 0 Å². The molecule has 0 amide bonds. The van der Waals surface area contributed by atoms with Crippen molar-refractivity contribution in [2.75, 3.05) is 24.7 Å². The number of halogens is 2. The summed E-state index contributed by atoms with van der Waals surface area (Å²) in [7, 11) is 3.40. The van der Waals surface area contributed by atoms with E-state index in [1.807, 2.05) is 0 Å². The number of anilines is 2. The summed E-state index contributed by atoms with van der Waals surface area (Å²) in [6.07, 6.45) is 0. The van der Waals surface area contributed by atoms with Gasteiger partial charge in [0.1, 0.15) is 11.6 Å². The number of hydrogen-bond acceptors (Lipinski definition) is 4. The molecule has 2 aromatic rings. The maximum Gasteiger partial charge on any atom is 0.262 e. The molecule has 0 fully saturated rings. The van der Waals surface area contributed by atoms with E-state index in [0.717, 1.165) is 0 Å². The molecule has 2 rings (SSSR count). The Bertz CT molecular complexity index is 664. The van der Waals surface area contributed by atoms with Crippen LogP contribution in [0.1, 0.15) is 0 Å². The molecular formula is C12H12ClFN4O. The zero-order valence-corrected chi connectivity index (χ0v) is 11.1. The molecular weight excluding hydrogens is 271 g/mol. The highest BCUT2D eigenvalue weighted by molar-refractivity contribution is 6.33. The number of benzene rings is 1. The average molecular weight is 283 g/mol. The lowest BCUT2D eigenvalue weighted by Gasteiger charge is -2.13. The van der Waals surface area contributed by atoms with Crippen molar-refractivity contribution in [3.63, 3.8) is 0 Å². The summed E-state index contributed by atoms with van der Waals surface area (Å²) in [5.74, 6) is -0.401.